The number of nitrogens with one attached hydrogen (secondary N) is 1. The number of nitro groups is 1. The number of carbonyl (C=O) groups is 4. The first kappa shape index (κ1) is 35.2. The minimum atomic E-state index is -5.08. The molecule has 1 aliphatic rings. The van der Waals surface area contributed by atoms with E-state index in [9.17, 15) is 46.0 Å². The molecule has 0 bridgehead atoms. The first-order chi connectivity index (χ1) is 16.6. The molecule has 0 spiro atoms. The van der Waals surface area contributed by atoms with E-state index in [0.717, 1.165) is 0 Å². The topological polar surface area (TPSA) is 284 Å². The summed E-state index contributed by atoms with van der Waals surface area (Å²) < 4.78 is 63.5. The van der Waals surface area contributed by atoms with Crippen LogP contribution in [-0.2, 0) is 19.2 Å². The molecule has 0 aromatic rings. The molecule has 0 unspecified atom stereocenters. The van der Waals surface area contributed by atoms with Crippen molar-refractivity contribution in [1.29, 1.82) is 0 Å². The van der Waals surface area contributed by atoms with Crippen molar-refractivity contribution in [2.45, 2.75) is 49.7 Å². The summed E-state index contributed by atoms with van der Waals surface area (Å²) >= 11 is 0. The van der Waals surface area contributed by atoms with Crippen LogP contribution in [-0.4, -0.2) is 93.4 Å². The number of hydrogen-bond acceptors (Lipinski definition) is 9. The van der Waals surface area contributed by atoms with Gasteiger partial charge in [-0.25, -0.2) is 24.7 Å². The molecule has 0 aliphatic carbocycles. The van der Waals surface area contributed by atoms with Crippen molar-refractivity contribution in [3.05, 3.63) is 10.1 Å². The molecule has 16 nitrogen and oxygen atoms in total. The van der Waals surface area contributed by atoms with Crippen molar-refractivity contribution in [1.82, 2.24) is 10.3 Å². The Labute approximate surface area is 202 Å². The number of alkyl halides is 6. The number of likely N-dealkylation sites (tertiary alicyclic amines) is 1. The van der Waals surface area contributed by atoms with Crippen LogP contribution >= 0.6 is 0 Å². The zero-order valence-electron chi connectivity index (χ0n) is 18.5. The normalized spacial score (nSPS) is 18.4. The lowest BCUT2D eigenvalue weighted by atomic mass is 10.1. The van der Waals surface area contributed by atoms with Gasteiger partial charge < -0.3 is 38.0 Å². The average molecular weight is 558 g/mol. The first-order valence-electron chi connectivity index (χ1n) is 9.53. The van der Waals surface area contributed by atoms with Crippen LogP contribution in [0.4, 0.5) is 26.3 Å². The number of carbonyl (C=O) groups excluding carboxylic acids is 2. The predicted molar refractivity (Wildman–Crippen MR) is 108 cm³/mol. The summed E-state index contributed by atoms with van der Waals surface area (Å²) in [6, 6.07) is -1.87. The van der Waals surface area contributed by atoms with Gasteiger partial charge in [-0.2, -0.15) is 26.3 Å². The van der Waals surface area contributed by atoms with Gasteiger partial charge in [-0.1, -0.05) is 5.43 Å². The van der Waals surface area contributed by atoms with E-state index in [-0.39, 0.29) is 31.5 Å². The van der Waals surface area contributed by atoms with Crippen LogP contribution in [0.5, 0.6) is 0 Å². The lowest BCUT2D eigenvalue weighted by Gasteiger charge is -2.25. The summed E-state index contributed by atoms with van der Waals surface area (Å²) in [5.41, 5.74) is 23.8. The summed E-state index contributed by atoms with van der Waals surface area (Å²) in [5.74, 6) is -6.85. The van der Waals surface area contributed by atoms with Crippen molar-refractivity contribution < 1.29 is 60.8 Å². The molecule has 0 radical (unpaired) electrons. The highest BCUT2D eigenvalue weighted by atomic mass is 19.4. The van der Waals surface area contributed by atoms with Gasteiger partial charge in [0, 0.05) is 19.1 Å². The number of carboxylic acids is 2. The fraction of sp³-hybridized carbons (Fsp3) is 0.667. The van der Waals surface area contributed by atoms with Crippen molar-refractivity contribution in [3.63, 3.8) is 0 Å². The van der Waals surface area contributed by atoms with E-state index in [1.165, 1.54) is 4.90 Å². The summed E-state index contributed by atoms with van der Waals surface area (Å²) in [6.45, 7) is 0.407. The monoisotopic (exact) mass is 558 g/mol. The molecule has 1 rings (SSSR count). The molecular formula is C15H24F6N8O8. The van der Waals surface area contributed by atoms with Gasteiger partial charge >= 0.3 is 24.3 Å². The Morgan fingerprint density at radius 1 is 1.08 bits per heavy atom. The molecule has 11 N–H and O–H groups in total. The van der Waals surface area contributed by atoms with E-state index in [2.05, 4.69) is 4.99 Å². The SMILES string of the molecule is NC(=O)[C@@H]1C[C@H](N)CN1C(=O)[C@@H](N)CCCN=C(N)N[N+](=O)[O-].O=C(O)C(F)(F)F.O=C(O)C(F)(F)F. The molecule has 1 heterocycles. The standard InChI is InChI=1S/C11H22N8O4.2C2HF3O2/c12-6-4-8(9(14)20)18(5-6)10(21)7(13)2-1-3-16-11(15)17-19(22)23;2*3-2(4,5)1(6)7/h6-8H,1-5,12-13H2,(H2,14,20)(H3,15,16,17);2*(H,6,7)/t6-,7-,8-;;/m0../s1. The summed E-state index contributed by atoms with van der Waals surface area (Å²) in [7, 11) is 0. The summed E-state index contributed by atoms with van der Waals surface area (Å²) in [6.07, 6.45) is -9.17. The summed E-state index contributed by atoms with van der Waals surface area (Å²) in [4.78, 5) is 56.5. The number of rotatable bonds is 7. The van der Waals surface area contributed by atoms with Crippen LogP contribution < -0.4 is 28.4 Å². The molecule has 22 heteroatoms. The van der Waals surface area contributed by atoms with Crippen LogP contribution in [0.25, 0.3) is 0 Å². The smallest absolute Gasteiger partial charge is 0.475 e. The number of primary amides is 1. The number of nitrogens with zero attached hydrogens (tertiary/aromatic N) is 3. The maximum atomic E-state index is 12.3. The van der Waals surface area contributed by atoms with Crippen LogP contribution in [0, 0.1) is 10.1 Å². The van der Waals surface area contributed by atoms with Crippen LogP contribution in [0.15, 0.2) is 4.99 Å². The van der Waals surface area contributed by atoms with Crippen molar-refractivity contribution >= 4 is 29.7 Å². The Kier molecular flexibility index (Phi) is 14.5. The lowest BCUT2D eigenvalue weighted by molar-refractivity contribution is -0.525. The zero-order valence-corrected chi connectivity index (χ0v) is 18.5. The van der Waals surface area contributed by atoms with Gasteiger partial charge in [-0.05, 0) is 19.3 Å². The Bertz CT molecular complexity index is 830. The Hall–Kier alpha value is -3.95. The Balaban J connectivity index is 0. The molecule has 214 valence electrons. The number of hydrogen-bond donors (Lipinski definition) is 7. The van der Waals surface area contributed by atoms with Crippen molar-refractivity contribution in [3.8, 4) is 0 Å². The number of nitrogens with two attached hydrogens (primary N) is 4. The number of carboxylic acid groups (broad SMARTS) is 2. The minimum absolute atomic E-state index is 0.173. The van der Waals surface area contributed by atoms with Gasteiger partial charge in [-0.3, -0.25) is 9.59 Å². The molecule has 1 aliphatic heterocycles. The summed E-state index contributed by atoms with van der Waals surface area (Å²) in [5, 5.41) is 23.5. The molecule has 2 amide bonds. The third-order valence-corrected chi connectivity index (χ3v) is 3.91. The van der Waals surface area contributed by atoms with E-state index in [1.54, 1.807) is 5.43 Å². The van der Waals surface area contributed by atoms with Gasteiger partial charge in [-0.15, -0.1) is 0 Å². The molecule has 0 aromatic carbocycles. The highest BCUT2D eigenvalue weighted by molar-refractivity contribution is 5.89. The number of guanidine groups is 1. The van der Waals surface area contributed by atoms with E-state index in [1.807, 2.05) is 0 Å². The van der Waals surface area contributed by atoms with Gasteiger partial charge in [0.05, 0.1) is 6.04 Å². The number of halogens is 6. The third kappa shape index (κ3) is 15.6. The molecule has 1 saturated heterocycles. The molecule has 37 heavy (non-hydrogen) atoms. The average Bonchev–Trinajstić information content (AvgIpc) is 3.11. The van der Waals surface area contributed by atoms with E-state index in [4.69, 9.17) is 42.7 Å². The van der Waals surface area contributed by atoms with Crippen molar-refractivity contribution in [2.24, 2.45) is 27.9 Å². The number of aliphatic imine (C=N–C) groups is 1. The van der Waals surface area contributed by atoms with Crippen molar-refractivity contribution in [2.75, 3.05) is 13.1 Å². The van der Waals surface area contributed by atoms with E-state index < -0.39 is 53.2 Å². The minimum Gasteiger partial charge on any atom is -0.475 e. The number of amides is 2. The largest absolute Gasteiger partial charge is 0.490 e. The second-order valence-corrected chi connectivity index (χ2v) is 6.89. The van der Waals surface area contributed by atoms with Crippen LogP contribution in [0.2, 0.25) is 0 Å². The zero-order chi connectivity index (χ0) is 29.7. The van der Waals surface area contributed by atoms with Gasteiger partial charge in [0.2, 0.25) is 11.8 Å². The Morgan fingerprint density at radius 3 is 1.86 bits per heavy atom. The fourth-order valence-corrected chi connectivity index (χ4v) is 2.36. The predicted octanol–water partition coefficient (Wildman–Crippen LogP) is -2.13. The lowest BCUT2D eigenvalue weighted by Crippen LogP contribution is -2.50. The maximum absolute atomic E-state index is 12.3. The molecule has 3 atom stereocenters. The third-order valence-electron chi connectivity index (χ3n) is 3.91. The van der Waals surface area contributed by atoms with Gasteiger partial charge in [0.1, 0.15) is 6.04 Å². The van der Waals surface area contributed by atoms with E-state index >= 15 is 0 Å². The fourth-order valence-electron chi connectivity index (χ4n) is 2.36. The maximum Gasteiger partial charge on any atom is 0.490 e. The number of aliphatic carboxylic acids is 2. The highest BCUT2D eigenvalue weighted by Crippen LogP contribution is 2.18. The van der Waals surface area contributed by atoms with Gasteiger partial charge in [0.15, 0.2) is 5.03 Å². The van der Waals surface area contributed by atoms with Crippen LogP contribution in [0.1, 0.15) is 19.3 Å². The first-order valence-corrected chi connectivity index (χ1v) is 9.53. The molecule has 1 fully saturated rings. The highest BCUT2D eigenvalue weighted by Gasteiger charge is 2.39. The second kappa shape index (κ2) is 15.2. The molecular weight excluding hydrogens is 534 g/mol. The Morgan fingerprint density at radius 2 is 1.51 bits per heavy atom. The molecule has 0 saturated carbocycles. The second-order valence-electron chi connectivity index (χ2n) is 6.89. The number of hydrazine groups is 1. The molecule has 0 aromatic heterocycles. The van der Waals surface area contributed by atoms with Gasteiger partial charge in [0.25, 0.3) is 5.96 Å². The van der Waals surface area contributed by atoms with E-state index in [0.29, 0.717) is 12.8 Å². The van der Waals surface area contributed by atoms with Crippen LogP contribution in [0.3, 0.4) is 0 Å². The quantitative estimate of drug-likeness (QED) is 0.0440.